The number of fused-ring (bicyclic) bond motifs is 1. The Hall–Kier alpha value is -0.980. The van der Waals surface area contributed by atoms with Gasteiger partial charge in [-0.2, -0.15) is 0 Å². The number of rotatable bonds is 3. The highest BCUT2D eigenvalue weighted by molar-refractivity contribution is 5.01. The van der Waals surface area contributed by atoms with Gasteiger partial charge in [-0.25, -0.2) is 0 Å². The van der Waals surface area contributed by atoms with Crippen molar-refractivity contribution in [3.05, 3.63) is 11.6 Å². The molecule has 3 rings (SSSR count). The van der Waals surface area contributed by atoms with Crippen molar-refractivity contribution in [2.75, 3.05) is 39.8 Å². The molecule has 0 spiro atoms. The zero-order valence-corrected chi connectivity index (χ0v) is 11.6. The maximum absolute atomic E-state index is 9.75. The molecule has 6 heteroatoms. The SMILES string of the molecule is CN1CCN(CCc2nnc3n2CC(O)CC3)CC1. The van der Waals surface area contributed by atoms with Gasteiger partial charge in [0, 0.05) is 45.6 Å². The van der Waals surface area contributed by atoms with Crippen LogP contribution in [-0.4, -0.2) is 75.5 Å². The molecule has 1 unspecified atom stereocenters. The molecule has 2 aliphatic heterocycles. The van der Waals surface area contributed by atoms with Gasteiger partial charge in [-0.15, -0.1) is 10.2 Å². The van der Waals surface area contributed by atoms with E-state index in [4.69, 9.17) is 0 Å². The van der Waals surface area contributed by atoms with E-state index in [2.05, 4.69) is 31.6 Å². The molecule has 1 atom stereocenters. The number of piperazine rings is 1. The number of hydrogen-bond donors (Lipinski definition) is 1. The topological polar surface area (TPSA) is 57.4 Å². The van der Waals surface area contributed by atoms with Crippen molar-refractivity contribution >= 4 is 0 Å². The highest BCUT2D eigenvalue weighted by atomic mass is 16.3. The van der Waals surface area contributed by atoms with Crippen molar-refractivity contribution in [3.63, 3.8) is 0 Å². The third-order valence-electron chi connectivity index (χ3n) is 4.25. The van der Waals surface area contributed by atoms with E-state index < -0.39 is 0 Å². The molecule has 1 fully saturated rings. The lowest BCUT2D eigenvalue weighted by Crippen LogP contribution is -2.45. The first-order valence-corrected chi connectivity index (χ1v) is 7.22. The van der Waals surface area contributed by atoms with Gasteiger partial charge in [0.15, 0.2) is 0 Å². The summed E-state index contributed by atoms with van der Waals surface area (Å²) in [6.45, 7) is 6.29. The Labute approximate surface area is 114 Å². The van der Waals surface area contributed by atoms with Crippen molar-refractivity contribution in [3.8, 4) is 0 Å². The molecular formula is C13H23N5O. The summed E-state index contributed by atoms with van der Waals surface area (Å²) >= 11 is 0. The van der Waals surface area contributed by atoms with E-state index in [1.54, 1.807) is 0 Å². The smallest absolute Gasteiger partial charge is 0.134 e. The lowest BCUT2D eigenvalue weighted by molar-refractivity contribution is 0.127. The summed E-state index contributed by atoms with van der Waals surface area (Å²) in [7, 11) is 2.17. The Morgan fingerprint density at radius 1 is 1.21 bits per heavy atom. The third kappa shape index (κ3) is 2.96. The molecule has 0 bridgehead atoms. The minimum Gasteiger partial charge on any atom is -0.391 e. The fourth-order valence-electron chi connectivity index (χ4n) is 2.88. The molecule has 106 valence electrons. The van der Waals surface area contributed by atoms with Crippen LogP contribution in [0.1, 0.15) is 18.1 Å². The average Bonchev–Trinajstić information content (AvgIpc) is 2.80. The van der Waals surface area contributed by atoms with E-state index >= 15 is 0 Å². The molecule has 1 N–H and O–H groups in total. The molecule has 2 aliphatic rings. The lowest BCUT2D eigenvalue weighted by atomic mass is 10.1. The second kappa shape index (κ2) is 5.56. The van der Waals surface area contributed by atoms with Gasteiger partial charge in [-0.1, -0.05) is 0 Å². The summed E-state index contributed by atoms with van der Waals surface area (Å²) in [5.74, 6) is 2.08. The Balaban J connectivity index is 1.57. The maximum atomic E-state index is 9.75. The average molecular weight is 265 g/mol. The largest absolute Gasteiger partial charge is 0.391 e. The number of nitrogens with zero attached hydrogens (tertiary/aromatic N) is 5. The predicted molar refractivity (Wildman–Crippen MR) is 72.0 cm³/mol. The normalized spacial score (nSPS) is 25.5. The van der Waals surface area contributed by atoms with Gasteiger partial charge in [-0.05, 0) is 13.5 Å². The molecule has 3 heterocycles. The zero-order valence-electron chi connectivity index (χ0n) is 11.6. The van der Waals surface area contributed by atoms with Crippen LogP contribution in [0.4, 0.5) is 0 Å². The number of likely N-dealkylation sites (N-methyl/N-ethyl adjacent to an activating group) is 1. The molecular weight excluding hydrogens is 242 g/mol. The monoisotopic (exact) mass is 265 g/mol. The molecule has 1 saturated heterocycles. The highest BCUT2D eigenvalue weighted by Crippen LogP contribution is 2.15. The molecule has 0 radical (unpaired) electrons. The number of aromatic nitrogens is 3. The van der Waals surface area contributed by atoms with Gasteiger partial charge in [0.25, 0.3) is 0 Å². The minimum absolute atomic E-state index is 0.231. The van der Waals surface area contributed by atoms with Crippen molar-refractivity contribution < 1.29 is 5.11 Å². The molecule has 0 aliphatic carbocycles. The van der Waals surface area contributed by atoms with Crippen LogP contribution < -0.4 is 0 Å². The lowest BCUT2D eigenvalue weighted by Gasteiger charge is -2.32. The van der Waals surface area contributed by atoms with Crippen LogP contribution in [0, 0.1) is 0 Å². The van der Waals surface area contributed by atoms with E-state index in [1.807, 2.05) is 0 Å². The summed E-state index contributed by atoms with van der Waals surface area (Å²) in [5, 5.41) is 18.3. The first kappa shape index (κ1) is 13.0. The molecule has 1 aromatic rings. The first-order chi connectivity index (χ1) is 9.22. The third-order valence-corrected chi connectivity index (χ3v) is 4.25. The Morgan fingerprint density at radius 2 is 2.00 bits per heavy atom. The van der Waals surface area contributed by atoms with Crippen LogP contribution in [-0.2, 0) is 19.4 Å². The van der Waals surface area contributed by atoms with Crippen molar-refractivity contribution in [1.82, 2.24) is 24.6 Å². The van der Waals surface area contributed by atoms with Gasteiger partial charge < -0.3 is 19.5 Å². The fourth-order valence-corrected chi connectivity index (χ4v) is 2.88. The molecule has 0 saturated carbocycles. The molecule has 0 amide bonds. The Bertz CT molecular complexity index is 425. The van der Waals surface area contributed by atoms with E-state index in [-0.39, 0.29) is 6.10 Å². The van der Waals surface area contributed by atoms with Gasteiger partial charge in [0.2, 0.25) is 0 Å². The van der Waals surface area contributed by atoms with Crippen LogP contribution in [0.15, 0.2) is 0 Å². The van der Waals surface area contributed by atoms with Gasteiger partial charge in [0.05, 0.1) is 12.6 Å². The van der Waals surface area contributed by atoms with Crippen molar-refractivity contribution in [2.24, 2.45) is 0 Å². The van der Waals surface area contributed by atoms with Crippen molar-refractivity contribution in [1.29, 1.82) is 0 Å². The number of hydrogen-bond acceptors (Lipinski definition) is 5. The Morgan fingerprint density at radius 3 is 2.79 bits per heavy atom. The van der Waals surface area contributed by atoms with Crippen LogP contribution in [0.5, 0.6) is 0 Å². The standard InChI is InChI=1S/C13H23N5O/c1-16-6-8-17(9-7-16)5-4-13-15-14-12-3-2-11(19)10-18(12)13/h11,19H,2-10H2,1H3. The molecule has 6 nitrogen and oxygen atoms in total. The number of aliphatic hydroxyl groups excluding tert-OH is 1. The van der Waals surface area contributed by atoms with E-state index in [0.717, 1.165) is 63.6 Å². The first-order valence-electron chi connectivity index (χ1n) is 7.22. The summed E-state index contributed by atoms with van der Waals surface area (Å²) in [6, 6.07) is 0. The summed E-state index contributed by atoms with van der Waals surface area (Å²) in [5.41, 5.74) is 0. The van der Waals surface area contributed by atoms with Gasteiger partial charge in [-0.3, -0.25) is 0 Å². The molecule has 19 heavy (non-hydrogen) atoms. The van der Waals surface area contributed by atoms with E-state index in [9.17, 15) is 5.11 Å². The minimum atomic E-state index is -0.231. The van der Waals surface area contributed by atoms with Crippen LogP contribution in [0.25, 0.3) is 0 Å². The summed E-state index contributed by atoms with van der Waals surface area (Å²) in [4.78, 5) is 4.85. The van der Waals surface area contributed by atoms with Gasteiger partial charge >= 0.3 is 0 Å². The quantitative estimate of drug-likeness (QED) is 0.789. The highest BCUT2D eigenvalue weighted by Gasteiger charge is 2.21. The zero-order chi connectivity index (χ0) is 13.2. The Kier molecular flexibility index (Phi) is 3.81. The number of aryl methyl sites for hydroxylation is 1. The van der Waals surface area contributed by atoms with Gasteiger partial charge in [0.1, 0.15) is 11.6 Å². The van der Waals surface area contributed by atoms with Crippen LogP contribution in [0.2, 0.25) is 0 Å². The van der Waals surface area contributed by atoms with Crippen LogP contribution >= 0.6 is 0 Å². The predicted octanol–water partition coefficient (Wildman–Crippen LogP) is -0.625. The summed E-state index contributed by atoms with van der Waals surface area (Å²) in [6.07, 6.45) is 2.37. The van der Waals surface area contributed by atoms with Crippen LogP contribution in [0.3, 0.4) is 0 Å². The second-order valence-corrected chi connectivity index (χ2v) is 5.73. The second-order valence-electron chi connectivity index (χ2n) is 5.73. The summed E-state index contributed by atoms with van der Waals surface area (Å²) < 4.78 is 2.12. The van der Waals surface area contributed by atoms with Crippen molar-refractivity contribution in [2.45, 2.75) is 31.9 Å². The van der Waals surface area contributed by atoms with E-state index in [1.165, 1.54) is 0 Å². The number of aliphatic hydroxyl groups is 1. The molecule has 1 aromatic heterocycles. The molecule has 0 aromatic carbocycles. The fraction of sp³-hybridized carbons (Fsp3) is 0.846. The van der Waals surface area contributed by atoms with E-state index in [0.29, 0.717) is 6.54 Å². The maximum Gasteiger partial charge on any atom is 0.134 e.